The van der Waals surface area contributed by atoms with Crippen LogP contribution in [0.2, 0.25) is 0 Å². The summed E-state index contributed by atoms with van der Waals surface area (Å²) in [4.78, 5) is 12.4. The van der Waals surface area contributed by atoms with Gasteiger partial charge in [-0.1, -0.05) is 13.0 Å². The molecule has 0 saturated heterocycles. The lowest BCUT2D eigenvalue weighted by molar-refractivity contribution is -0.160. The molecule has 1 heterocycles. The van der Waals surface area contributed by atoms with Crippen LogP contribution in [0.15, 0.2) is 29.2 Å². The molecule has 2 N–H and O–H groups in total. The zero-order chi connectivity index (χ0) is 26.9. The van der Waals surface area contributed by atoms with E-state index in [1.807, 2.05) is 0 Å². The zero-order valence-corrected chi connectivity index (χ0v) is 19.4. The van der Waals surface area contributed by atoms with Crippen LogP contribution in [0.25, 0.3) is 0 Å². The maximum Gasteiger partial charge on any atom is 0.420 e. The first-order valence-electron chi connectivity index (χ1n) is 10.6. The average molecular weight is 544 g/mol. The quantitative estimate of drug-likeness (QED) is 0.409. The van der Waals surface area contributed by atoms with E-state index in [9.17, 15) is 44.1 Å². The van der Waals surface area contributed by atoms with Crippen LogP contribution >= 0.6 is 0 Å². The number of nitrogens with one attached hydrogen (secondary N) is 2. The standard InChI is InChI=1S/C21H20F8N4O2S/c1-18(8-20(25,26)9-18)10-33-14(13(21(27,28)29)15(32-33)19(24)5-6-19)16(34)31-11-3-2-4-12(7-11)36(30,35)17(22)23/h2-4,7,17,30H,5-6,8-10H2,1H3,(H,31,34)/t36-/m1/s1. The normalized spacial score (nSPS) is 21.5. The molecule has 0 radical (unpaired) electrons. The third-order valence-electron chi connectivity index (χ3n) is 6.16. The highest BCUT2D eigenvalue weighted by atomic mass is 32.2. The number of carbonyl (C=O) groups excluding carboxylic acids is 1. The van der Waals surface area contributed by atoms with Crippen LogP contribution in [0.5, 0.6) is 0 Å². The molecule has 36 heavy (non-hydrogen) atoms. The van der Waals surface area contributed by atoms with E-state index in [0.717, 1.165) is 24.3 Å². The van der Waals surface area contributed by atoms with E-state index in [4.69, 9.17) is 4.78 Å². The second kappa shape index (κ2) is 8.15. The lowest BCUT2D eigenvalue weighted by Gasteiger charge is -2.44. The second-order valence-corrected chi connectivity index (χ2v) is 11.6. The fraction of sp³-hybridized carbons (Fsp3) is 0.524. The topological polar surface area (TPSA) is 87.8 Å². The molecule has 1 aromatic carbocycles. The fourth-order valence-corrected chi connectivity index (χ4v) is 5.25. The van der Waals surface area contributed by atoms with Crippen molar-refractivity contribution in [1.82, 2.24) is 9.78 Å². The molecule has 0 unspecified atom stereocenters. The number of nitrogens with zero attached hydrogens (tertiary/aromatic N) is 2. The van der Waals surface area contributed by atoms with Gasteiger partial charge in [0.05, 0.1) is 4.90 Å². The number of hydrogen-bond acceptors (Lipinski definition) is 4. The number of alkyl halides is 8. The predicted molar refractivity (Wildman–Crippen MR) is 111 cm³/mol. The highest BCUT2D eigenvalue weighted by Gasteiger charge is 2.57. The Hall–Kier alpha value is -2.71. The summed E-state index contributed by atoms with van der Waals surface area (Å²) in [6.45, 7) is 0.845. The summed E-state index contributed by atoms with van der Waals surface area (Å²) in [5, 5.41) is 5.77. The van der Waals surface area contributed by atoms with Crippen molar-refractivity contribution in [1.29, 1.82) is 4.78 Å². The summed E-state index contributed by atoms with van der Waals surface area (Å²) in [6, 6.07) is 3.84. The highest BCUT2D eigenvalue weighted by molar-refractivity contribution is 7.92. The first-order valence-corrected chi connectivity index (χ1v) is 12.2. The van der Waals surface area contributed by atoms with Gasteiger partial charge in [-0.25, -0.2) is 22.2 Å². The van der Waals surface area contributed by atoms with Gasteiger partial charge in [-0.3, -0.25) is 9.48 Å². The smallest absolute Gasteiger partial charge is 0.321 e. The maximum atomic E-state index is 14.9. The second-order valence-electron chi connectivity index (χ2n) is 9.56. The number of halogens is 8. The summed E-state index contributed by atoms with van der Waals surface area (Å²) >= 11 is 0. The van der Waals surface area contributed by atoms with Crippen molar-refractivity contribution in [2.45, 2.75) is 67.6 Å². The Bertz CT molecular complexity index is 1310. The Morgan fingerprint density at radius 1 is 1.22 bits per heavy atom. The van der Waals surface area contributed by atoms with E-state index >= 15 is 0 Å². The molecule has 2 aromatic rings. The molecule has 0 bridgehead atoms. The van der Waals surface area contributed by atoms with Crippen molar-refractivity contribution in [3.05, 3.63) is 41.2 Å². The van der Waals surface area contributed by atoms with Gasteiger partial charge >= 0.3 is 11.9 Å². The molecule has 4 rings (SSSR count). The number of hydrogen-bond donors (Lipinski definition) is 2. The summed E-state index contributed by atoms with van der Waals surface area (Å²) < 4.78 is 130. The van der Waals surface area contributed by atoms with E-state index in [0.29, 0.717) is 4.68 Å². The monoisotopic (exact) mass is 544 g/mol. The molecule has 198 valence electrons. The lowest BCUT2D eigenvalue weighted by Crippen LogP contribution is -2.47. The molecule has 1 atom stereocenters. The Morgan fingerprint density at radius 2 is 1.83 bits per heavy atom. The number of rotatable bonds is 7. The van der Waals surface area contributed by atoms with Gasteiger partial charge in [0.2, 0.25) is 5.92 Å². The van der Waals surface area contributed by atoms with Crippen LogP contribution in [-0.4, -0.2) is 31.6 Å². The minimum atomic E-state index is -5.24. The van der Waals surface area contributed by atoms with Gasteiger partial charge in [0, 0.05) is 25.1 Å². The summed E-state index contributed by atoms with van der Waals surface area (Å²) in [5.74, 6) is -8.05. The number of carbonyl (C=O) groups is 1. The zero-order valence-electron chi connectivity index (χ0n) is 18.6. The van der Waals surface area contributed by atoms with E-state index in [-0.39, 0.29) is 18.5 Å². The molecule has 1 aromatic heterocycles. The molecule has 1 amide bonds. The average Bonchev–Trinajstić information content (AvgIpc) is 3.33. The molecular formula is C21H20F8N4O2S. The summed E-state index contributed by atoms with van der Waals surface area (Å²) in [6.07, 6.45) is -7.12. The van der Waals surface area contributed by atoms with Gasteiger partial charge in [-0.15, -0.1) is 0 Å². The van der Waals surface area contributed by atoms with Gasteiger partial charge in [-0.05, 0) is 36.5 Å². The Balaban J connectivity index is 1.77. The number of benzene rings is 1. The minimum absolute atomic E-state index is 0.267. The molecule has 2 saturated carbocycles. The van der Waals surface area contributed by atoms with E-state index in [1.54, 1.807) is 0 Å². The molecule has 0 aliphatic heterocycles. The van der Waals surface area contributed by atoms with Gasteiger partial charge in [0.1, 0.15) is 26.7 Å². The Labute approximate surface area is 200 Å². The largest absolute Gasteiger partial charge is 0.420 e. The first kappa shape index (κ1) is 26.4. The first-order chi connectivity index (χ1) is 16.4. The van der Waals surface area contributed by atoms with Crippen LogP contribution in [0.3, 0.4) is 0 Å². The number of aromatic nitrogens is 2. The van der Waals surface area contributed by atoms with Gasteiger partial charge < -0.3 is 5.32 Å². The highest BCUT2D eigenvalue weighted by Crippen LogP contribution is 2.55. The third-order valence-corrected chi connectivity index (χ3v) is 7.62. The SMILES string of the molecule is CC1(Cn2nc(C3(F)CC3)c(C(F)(F)F)c2C(=O)Nc2cccc([S@@](=N)(=O)C(F)F)c2)CC(F)(F)C1. The molecule has 0 spiro atoms. The van der Waals surface area contributed by atoms with Crippen LogP contribution < -0.4 is 5.32 Å². The van der Waals surface area contributed by atoms with Crippen LogP contribution in [-0.2, 0) is 28.1 Å². The van der Waals surface area contributed by atoms with E-state index in [2.05, 4.69) is 10.4 Å². The van der Waals surface area contributed by atoms with Crippen LogP contribution in [0, 0.1) is 10.2 Å². The molecule has 2 aliphatic carbocycles. The fourth-order valence-electron chi connectivity index (χ4n) is 4.46. The van der Waals surface area contributed by atoms with Crippen molar-refractivity contribution in [2.75, 3.05) is 5.32 Å². The van der Waals surface area contributed by atoms with Crippen molar-refractivity contribution < 1.29 is 44.1 Å². The Kier molecular flexibility index (Phi) is 5.97. The predicted octanol–water partition coefficient (Wildman–Crippen LogP) is 6.18. The summed E-state index contributed by atoms with van der Waals surface area (Å²) in [7, 11) is -4.58. The molecular weight excluding hydrogens is 524 g/mol. The molecule has 6 nitrogen and oxygen atoms in total. The molecule has 2 aliphatic rings. The Morgan fingerprint density at radius 3 is 2.33 bits per heavy atom. The van der Waals surface area contributed by atoms with Crippen molar-refractivity contribution >= 4 is 21.3 Å². The summed E-state index contributed by atoms with van der Waals surface area (Å²) in [5.41, 5.74) is -7.79. The van der Waals surface area contributed by atoms with Crippen molar-refractivity contribution in [3.8, 4) is 0 Å². The van der Waals surface area contributed by atoms with Crippen molar-refractivity contribution in [3.63, 3.8) is 0 Å². The van der Waals surface area contributed by atoms with E-state index in [1.165, 1.54) is 6.92 Å². The van der Waals surface area contributed by atoms with Crippen LogP contribution in [0.1, 0.15) is 54.4 Å². The van der Waals surface area contributed by atoms with Gasteiger partial charge in [0.15, 0.2) is 5.67 Å². The molecule has 2 fully saturated rings. The van der Waals surface area contributed by atoms with Crippen molar-refractivity contribution in [2.24, 2.45) is 5.41 Å². The van der Waals surface area contributed by atoms with Gasteiger partial charge in [0.25, 0.3) is 5.91 Å². The number of amides is 1. The minimum Gasteiger partial charge on any atom is -0.321 e. The lowest BCUT2D eigenvalue weighted by atomic mass is 9.67. The van der Waals surface area contributed by atoms with Crippen LogP contribution in [0.4, 0.5) is 40.8 Å². The van der Waals surface area contributed by atoms with Gasteiger partial charge in [-0.2, -0.15) is 27.1 Å². The number of anilines is 1. The van der Waals surface area contributed by atoms with E-state index < -0.39 is 85.8 Å². The third kappa shape index (κ3) is 4.81. The maximum absolute atomic E-state index is 14.9. The molecule has 15 heteroatoms.